The molecule has 4 heterocycles. The van der Waals surface area contributed by atoms with Crippen LogP contribution in [0.5, 0.6) is 0 Å². The van der Waals surface area contributed by atoms with Gasteiger partial charge in [-0.3, -0.25) is 9.97 Å². The molecular formula is C25H30N4Y2-2. The van der Waals surface area contributed by atoms with E-state index in [2.05, 4.69) is 33.8 Å². The molecule has 31 heavy (non-hydrogen) atoms. The Morgan fingerprint density at radius 1 is 0.581 bits per heavy atom. The average Bonchev–Trinajstić information content (AvgIpc) is 2.72. The van der Waals surface area contributed by atoms with Crippen molar-refractivity contribution in [1.82, 2.24) is 9.97 Å². The van der Waals surface area contributed by atoms with Crippen LogP contribution in [0.15, 0.2) is 122 Å². The molecule has 158 valence electrons. The zero-order chi connectivity index (χ0) is 20.5. The molecule has 2 aliphatic heterocycles. The van der Waals surface area contributed by atoms with Crippen LogP contribution in [0.3, 0.4) is 0 Å². The van der Waals surface area contributed by atoms with E-state index in [-0.39, 0.29) is 72.8 Å². The second-order valence-corrected chi connectivity index (χ2v) is 5.76. The molecule has 2 aromatic heterocycles. The number of rotatable bonds is 0. The maximum absolute atomic E-state index is 3.85. The molecule has 0 N–H and O–H groups in total. The SMILES string of the molecule is C.C=C1C=C[N-]C=C1.C=C1C=C[N-]C=C1.Cc1ccncc1.Cc1ccncc1.[Y].[Y]. The van der Waals surface area contributed by atoms with Gasteiger partial charge in [-0.2, -0.15) is 24.8 Å². The Kier molecular flexibility index (Phi) is 25.6. The topological polar surface area (TPSA) is 54.0 Å². The predicted molar refractivity (Wildman–Crippen MR) is 126 cm³/mol. The van der Waals surface area contributed by atoms with Gasteiger partial charge < -0.3 is 10.6 Å². The first-order chi connectivity index (χ1) is 13.6. The van der Waals surface area contributed by atoms with E-state index in [1.54, 1.807) is 49.6 Å². The van der Waals surface area contributed by atoms with Crippen LogP contribution in [0.4, 0.5) is 0 Å². The Morgan fingerprint density at radius 2 is 0.839 bits per heavy atom. The van der Waals surface area contributed by atoms with E-state index in [1.165, 1.54) is 11.1 Å². The van der Waals surface area contributed by atoms with Crippen LogP contribution in [0.25, 0.3) is 10.6 Å². The fraction of sp³-hybridized carbons (Fsp3) is 0.120. The van der Waals surface area contributed by atoms with Gasteiger partial charge in [0.15, 0.2) is 0 Å². The standard InChI is InChI=1S/2C6H7N.2C6H6N.CH4.2Y/c4*1-6-2-4-7-5-3-6;;;/h2*2-5H,1H3;2*2-5H,1H2;1H4;;/q;;2*-1;;;. The number of nitrogens with zero attached hydrogens (tertiary/aromatic N) is 4. The number of aryl methyl sites for hydroxylation is 2. The second kappa shape index (κ2) is 23.2. The van der Waals surface area contributed by atoms with E-state index in [0.717, 1.165) is 11.1 Å². The Morgan fingerprint density at radius 3 is 0.968 bits per heavy atom. The van der Waals surface area contributed by atoms with Crippen molar-refractivity contribution in [1.29, 1.82) is 0 Å². The summed E-state index contributed by atoms with van der Waals surface area (Å²) < 4.78 is 0. The van der Waals surface area contributed by atoms with Crippen molar-refractivity contribution in [2.24, 2.45) is 0 Å². The van der Waals surface area contributed by atoms with Crippen molar-refractivity contribution in [3.63, 3.8) is 0 Å². The smallest absolute Gasteiger partial charge is 0.0270 e. The van der Waals surface area contributed by atoms with Crippen LogP contribution in [0.1, 0.15) is 18.6 Å². The quantitative estimate of drug-likeness (QED) is 0.337. The number of pyridine rings is 2. The summed E-state index contributed by atoms with van der Waals surface area (Å²) in [4.78, 5) is 7.69. The molecule has 4 nitrogen and oxygen atoms in total. The summed E-state index contributed by atoms with van der Waals surface area (Å²) in [5.74, 6) is 0. The minimum Gasteiger partial charge on any atom is -0.670 e. The van der Waals surface area contributed by atoms with Crippen molar-refractivity contribution in [3.8, 4) is 0 Å². The van der Waals surface area contributed by atoms with Gasteiger partial charge in [-0.1, -0.05) is 44.9 Å². The van der Waals surface area contributed by atoms with Crippen LogP contribution in [0.2, 0.25) is 0 Å². The third-order valence-corrected chi connectivity index (χ3v) is 3.19. The van der Waals surface area contributed by atoms with Crippen molar-refractivity contribution in [2.75, 3.05) is 0 Å². The van der Waals surface area contributed by atoms with Gasteiger partial charge in [-0.15, -0.1) is 0 Å². The summed E-state index contributed by atoms with van der Waals surface area (Å²) in [5, 5.41) is 7.61. The third kappa shape index (κ3) is 21.6. The van der Waals surface area contributed by atoms with Gasteiger partial charge in [0.25, 0.3) is 0 Å². The van der Waals surface area contributed by atoms with Gasteiger partial charge in [0.2, 0.25) is 0 Å². The first-order valence-electron chi connectivity index (χ1n) is 8.75. The minimum atomic E-state index is 0. The van der Waals surface area contributed by atoms with E-state index in [4.69, 9.17) is 0 Å². The van der Waals surface area contributed by atoms with Crippen LogP contribution >= 0.6 is 0 Å². The van der Waals surface area contributed by atoms with Crippen LogP contribution in [-0.4, -0.2) is 9.97 Å². The van der Waals surface area contributed by atoms with Gasteiger partial charge >= 0.3 is 0 Å². The summed E-state index contributed by atoms with van der Waals surface area (Å²) >= 11 is 0. The largest absolute Gasteiger partial charge is 0.670 e. The summed E-state index contributed by atoms with van der Waals surface area (Å²) in [6.45, 7) is 11.4. The average molecular weight is 564 g/mol. The van der Waals surface area contributed by atoms with Crippen LogP contribution < -0.4 is 0 Å². The molecule has 0 spiro atoms. The van der Waals surface area contributed by atoms with Crippen LogP contribution in [0, 0.1) is 13.8 Å². The zero-order valence-corrected chi connectivity index (χ0v) is 23.3. The normalized spacial score (nSPS) is 11.5. The van der Waals surface area contributed by atoms with Crippen LogP contribution in [-0.2, 0) is 65.4 Å². The molecule has 0 saturated carbocycles. The van der Waals surface area contributed by atoms with E-state index < -0.39 is 0 Å². The number of hydrogen-bond donors (Lipinski definition) is 0. The fourth-order valence-corrected chi connectivity index (χ4v) is 1.62. The van der Waals surface area contributed by atoms with Gasteiger partial charge in [-0.25, -0.2) is 0 Å². The fourth-order valence-electron chi connectivity index (χ4n) is 1.62. The second-order valence-electron chi connectivity index (χ2n) is 5.76. The Balaban J connectivity index is -0.000000327. The van der Waals surface area contributed by atoms with E-state index in [0.29, 0.717) is 0 Å². The summed E-state index contributed by atoms with van der Waals surface area (Å²) in [5.41, 5.74) is 4.54. The van der Waals surface area contributed by atoms with Crippen molar-refractivity contribution in [3.05, 3.63) is 144 Å². The van der Waals surface area contributed by atoms with Crippen molar-refractivity contribution < 1.29 is 65.4 Å². The number of allylic oxidation sites excluding steroid dienone is 6. The maximum Gasteiger partial charge on any atom is 0.0270 e. The van der Waals surface area contributed by atoms with Gasteiger partial charge in [-0.05, 0) is 60.4 Å². The van der Waals surface area contributed by atoms with Gasteiger partial charge in [0, 0.05) is 90.2 Å². The first-order valence-corrected chi connectivity index (χ1v) is 8.75. The molecule has 0 amide bonds. The Bertz CT molecular complexity index is 728. The molecule has 0 aromatic carbocycles. The van der Waals surface area contributed by atoms with Crippen molar-refractivity contribution in [2.45, 2.75) is 21.3 Å². The molecule has 2 aliphatic rings. The molecular weight excluding hydrogens is 534 g/mol. The Labute approximate surface area is 238 Å². The molecule has 4 rings (SSSR count). The summed E-state index contributed by atoms with van der Waals surface area (Å²) in [6.07, 6.45) is 21.5. The zero-order valence-electron chi connectivity index (χ0n) is 17.6. The molecule has 0 aliphatic carbocycles. The molecule has 0 fully saturated rings. The summed E-state index contributed by atoms with van der Waals surface area (Å²) in [6, 6.07) is 7.89. The maximum atomic E-state index is 3.85. The monoisotopic (exact) mass is 564 g/mol. The number of aromatic nitrogens is 2. The van der Waals surface area contributed by atoms with E-state index in [1.807, 2.05) is 62.4 Å². The summed E-state index contributed by atoms with van der Waals surface area (Å²) in [7, 11) is 0. The first kappa shape index (κ1) is 34.2. The predicted octanol–water partition coefficient (Wildman–Crippen LogP) is 7.33. The number of hydrogen-bond acceptors (Lipinski definition) is 2. The van der Waals surface area contributed by atoms with Gasteiger partial charge in [0.05, 0.1) is 0 Å². The molecule has 0 atom stereocenters. The molecule has 6 heteroatoms. The minimum absolute atomic E-state index is 0. The van der Waals surface area contributed by atoms with E-state index >= 15 is 0 Å². The van der Waals surface area contributed by atoms with Gasteiger partial charge in [0.1, 0.15) is 0 Å². The van der Waals surface area contributed by atoms with Crippen molar-refractivity contribution >= 4 is 0 Å². The van der Waals surface area contributed by atoms with E-state index in [9.17, 15) is 0 Å². The molecule has 2 radical (unpaired) electrons. The molecule has 0 saturated heterocycles. The third-order valence-electron chi connectivity index (χ3n) is 3.19. The Hall–Kier alpha value is -1.45. The molecule has 2 aromatic rings. The molecule has 0 bridgehead atoms. The molecule has 0 unspecified atom stereocenters.